The maximum atomic E-state index is 13.7. The first-order valence-corrected chi connectivity index (χ1v) is 12.1. The van der Waals surface area contributed by atoms with Gasteiger partial charge < -0.3 is 9.64 Å². The van der Waals surface area contributed by atoms with Gasteiger partial charge in [-0.15, -0.1) is 0 Å². The summed E-state index contributed by atoms with van der Waals surface area (Å²) in [4.78, 5) is 34.3. The summed E-state index contributed by atoms with van der Waals surface area (Å²) in [5.74, 6) is 1.61. The maximum Gasteiger partial charge on any atom is 0.266 e. The second-order valence-electron chi connectivity index (χ2n) is 8.76. The van der Waals surface area contributed by atoms with Crippen molar-refractivity contribution in [2.45, 2.75) is 58.4 Å². The van der Waals surface area contributed by atoms with Gasteiger partial charge in [-0.1, -0.05) is 38.8 Å². The number of hydrogen-bond donors (Lipinski definition) is 0. The number of amides is 1. The Kier molecular flexibility index (Phi) is 7.11. The molecule has 1 saturated carbocycles. The van der Waals surface area contributed by atoms with Crippen LogP contribution in [0.15, 0.2) is 53.3 Å². The van der Waals surface area contributed by atoms with Crippen LogP contribution in [0.25, 0.3) is 16.6 Å². The summed E-state index contributed by atoms with van der Waals surface area (Å²) in [5, 5.41) is 0.566. The lowest BCUT2D eigenvalue weighted by Crippen LogP contribution is -2.41. The van der Waals surface area contributed by atoms with Crippen LogP contribution in [0.1, 0.15) is 64.2 Å². The molecule has 6 heteroatoms. The third-order valence-electron chi connectivity index (χ3n) is 6.65. The lowest BCUT2D eigenvalue weighted by molar-refractivity contribution is -0.138. The molecule has 174 valence electrons. The molecule has 0 saturated heterocycles. The molecule has 33 heavy (non-hydrogen) atoms. The Hall–Kier alpha value is -3.15. The van der Waals surface area contributed by atoms with Crippen LogP contribution >= 0.6 is 0 Å². The van der Waals surface area contributed by atoms with Gasteiger partial charge in [0.15, 0.2) is 0 Å². The molecule has 6 nitrogen and oxygen atoms in total. The highest BCUT2D eigenvalue weighted by Crippen LogP contribution is 2.32. The minimum absolute atomic E-state index is 0.0761. The van der Waals surface area contributed by atoms with Crippen molar-refractivity contribution in [3.8, 4) is 11.4 Å². The van der Waals surface area contributed by atoms with E-state index >= 15 is 0 Å². The number of rotatable bonds is 8. The molecule has 3 aromatic rings. The van der Waals surface area contributed by atoms with E-state index in [9.17, 15) is 9.59 Å². The first kappa shape index (κ1) is 23.0. The van der Waals surface area contributed by atoms with Gasteiger partial charge in [-0.05, 0) is 62.1 Å². The molecule has 1 atom stereocenters. The van der Waals surface area contributed by atoms with Gasteiger partial charge in [0.05, 0.1) is 29.7 Å². The minimum atomic E-state index is -0.280. The van der Waals surface area contributed by atoms with E-state index in [-0.39, 0.29) is 23.4 Å². The molecule has 0 spiro atoms. The fourth-order valence-corrected chi connectivity index (χ4v) is 4.96. The van der Waals surface area contributed by atoms with E-state index in [2.05, 4.69) is 13.8 Å². The number of para-hydroxylation sites is 1. The number of benzene rings is 2. The molecular weight excluding hydrogens is 414 g/mol. The highest BCUT2D eigenvalue weighted by atomic mass is 16.5. The van der Waals surface area contributed by atoms with Crippen molar-refractivity contribution in [1.29, 1.82) is 0 Å². The number of carbonyl (C=O) groups is 1. The van der Waals surface area contributed by atoms with Crippen LogP contribution in [-0.2, 0) is 4.79 Å². The molecule has 0 aliphatic heterocycles. The molecular formula is C27H33N3O3. The number of aromatic nitrogens is 2. The smallest absolute Gasteiger partial charge is 0.266 e. The quantitative estimate of drug-likeness (QED) is 0.472. The number of carbonyl (C=O) groups excluding carboxylic acids is 1. The lowest BCUT2D eigenvalue weighted by atomic mass is 10.0. The van der Waals surface area contributed by atoms with Crippen LogP contribution in [-0.4, -0.2) is 34.0 Å². The SMILES string of the molecule is CCCN(C(=O)C1CCCC1)C(CC)c1nc2ccccc2c(=O)n1-c1ccc(OC)cc1. The number of methoxy groups -OCH3 is 1. The van der Waals surface area contributed by atoms with Crippen LogP contribution in [0.5, 0.6) is 5.75 Å². The normalized spacial score (nSPS) is 15.0. The van der Waals surface area contributed by atoms with Crippen molar-refractivity contribution in [2.24, 2.45) is 5.92 Å². The van der Waals surface area contributed by atoms with Crippen molar-refractivity contribution in [1.82, 2.24) is 14.5 Å². The van der Waals surface area contributed by atoms with E-state index in [1.165, 1.54) is 0 Å². The molecule has 1 heterocycles. The summed E-state index contributed by atoms with van der Waals surface area (Å²) >= 11 is 0. The summed E-state index contributed by atoms with van der Waals surface area (Å²) < 4.78 is 6.99. The summed E-state index contributed by atoms with van der Waals surface area (Å²) in [6, 6.07) is 14.6. The average molecular weight is 448 g/mol. The standard InChI is InChI=1S/C27H33N3O3/c1-4-18-29(26(31)19-10-6-7-11-19)24(5-2)25-28-23-13-9-8-12-22(23)27(32)30(25)20-14-16-21(33-3)17-15-20/h8-9,12-17,19,24H,4-7,10-11,18H2,1-3H3. The van der Waals surface area contributed by atoms with Crippen molar-refractivity contribution < 1.29 is 9.53 Å². The summed E-state index contributed by atoms with van der Waals surface area (Å²) in [6.07, 6.45) is 5.66. The zero-order chi connectivity index (χ0) is 23.4. The van der Waals surface area contributed by atoms with Gasteiger partial charge in [0, 0.05) is 12.5 Å². The Morgan fingerprint density at radius 3 is 2.45 bits per heavy atom. The average Bonchev–Trinajstić information content (AvgIpc) is 3.39. The molecule has 1 unspecified atom stereocenters. The van der Waals surface area contributed by atoms with Gasteiger partial charge in [-0.25, -0.2) is 4.98 Å². The van der Waals surface area contributed by atoms with E-state index in [1.54, 1.807) is 11.7 Å². The summed E-state index contributed by atoms with van der Waals surface area (Å²) in [7, 11) is 1.62. The highest BCUT2D eigenvalue weighted by Gasteiger charge is 2.33. The van der Waals surface area contributed by atoms with Gasteiger partial charge in [-0.2, -0.15) is 0 Å². The second-order valence-corrected chi connectivity index (χ2v) is 8.76. The molecule has 1 aliphatic carbocycles. The van der Waals surface area contributed by atoms with Crippen molar-refractivity contribution in [3.05, 3.63) is 64.7 Å². The number of hydrogen-bond acceptors (Lipinski definition) is 4. The molecule has 0 bridgehead atoms. The zero-order valence-electron chi connectivity index (χ0n) is 19.8. The molecule has 1 aromatic heterocycles. The van der Waals surface area contributed by atoms with E-state index < -0.39 is 0 Å². The molecule has 0 N–H and O–H groups in total. The largest absolute Gasteiger partial charge is 0.497 e. The predicted octanol–water partition coefficient (Wildman–Crippen LogP) is 5.27. The number of nitrogens with zero attached hydrogens (tertiary/aromatic N) is 3. The molecule has 1 amide bonds. The minimum Gasteiger partial charge on any atom is -0.497 e. The van der Waals surface area contributed by atoms with E-state index in [4.69, 9.17) is 9.72 Å². The Bertz CT molecular complexity index is 1160. The first-order valence-electron chi connectivity index (χ1n) is 12.1. The molecule has 4 rings (SSSR count). The van der Waals surface area contributed by atoms with Crippen molar-refractivity contribution in [2.75, 3.05) is 13.7 Å². The molecule has 0 radical (unpaired) electrons. The molecule has 1 aliphatic rings. The van der Waals surface area contributed by atoms with Gasteiger partial charge >= 0.3 is 0 Å². The van der Waals surface area contributed by atoms with Crippen LogP contribution in [0.2, 0.25) is 0 Å². The fraction of sp³-hybridized carbons (Fsp3) is 0.444. The van der Waals surface area contributed by atoms with Gasteiger partial charge in [0.25, 0.3) is 5.56 Å². The van der Waals surface area contributed by atoms with Crippen molar-refractivity contribution >= 4 is 16.8 Å². The molecule has 2 aromatic carbocycles. The van der Waals surface area contributed by atoms with Crippen LogP contribution in [0, 0.1) is 5.92 Å². The monoisotopic (exact) mass is 447 g/mol. The number of ether oxygens (including phenoxy) is 1. The second kappa shape index (κ2) is 10.2. The van der Waals surface area contributed by atoms with Crippen LogP contribution in [0.4, 0.5) is 0 Å². The van der Waals surface area contributed by atoms with Crippen LogP contribution < -0.4 is 10.3 Å². The van der Waals surface area contributed by atoms with E-state index in [1.807, 2.05) is 53.4 Å². The first-order chi connectivity index (χ1) is 16.1. The fourth-order valence-electron chi connectivity index (χ4n) is 4.96. The highest BCUT2D eigenvalue weighted by molar-refractivity contribution is 5.80. The summed E-state index contributed by atoms with van der Waals surface area (Å²) in [6.45, 7) is 4.81. The third-order valence-corrected chi connectivity index (χ3v) is 6.65. The van der Waals surface area contributed by atoms with Gasteiger partial charge in [-0.3, -0.25) is 14.2 Å². The number of fused-ring (bicyclic) bond motifs is 1. The molecule has 1 fully saturated rings. The Labute approximate surface area is 195 Å². The van der Waals surface area contributed by atoms with Gasteiger partial charge in [0.1, 0.15) is 11.6 Å². The Balaban J connectivity index is 1.90. The van der Waals surface area contributed by atoms with Crippen LogP contribution in [0.3, 0.4) is 0 Å². The van der Waals surface area contributed by atoms with Gasteiger partial charge in [0.2, 0.25) is 5.91 Å². The zero-order valence-corrected chi connectivity index (χ0v) is 19.8. The predicted molar refractivity (Wildman–Crippen MR) is 131 cm³/mol. The van der Waals surface area contributed by atoms with Crippen molar-refractivity contribution in [3.63, 3.8) is 0 Å². The lowest BCUT2D eigenvalue weighted by Gasteiger charge is -2.34. The maximum absolute atomic E-state index is 13.7. The Morgan fingerprint density at radius 2 is 1.82 bits per heavy atom. The third kappa shape index (κ3) is 4.52. The summed E-state index contributed by atoms with van der Waals surface area (Å²) in [5.41, 5.74) is 1.26. The van der Waals surface area contributed by atoms with E-state index in [0.717, 1.165) is 43.5 Å². The van der Waals surface area contributed by atoms with E-state index in [0.29, 0.717) is 29.7 Å². The Morgan fingerprint density at radius 1 is 1.12 bits per heavy atom. The topological polar surface area (TPSA) is 64.4 Å².